The molecule has 0 atom stereocenters. The van der Waals surface area contributed by atoms with E-state index < -0.39 is 7.14 Å². The van der Waals surface area contributed by atoms with Crippen molar-refractivity contribution >= 4 is 7.14 Å². The molecule has 68 valence electrons. The zero-order valence-electron chi connectivity index (χ0n) is 8.13. The SMILES string of the molecule is CCCN(CC)CP(C)(C)=O. The molecular weight excluding hydrogens is 157 g/mol. The Bertz CT molecular complexity index is 141. The van der Waals surface area contributed by atoms with E-state index in [1.165, 1.54) is 0 Å². The van der Waals surface area contributed by atoms with Gasteiger partial charge in [-0.05, 0) is 32.8 Å². The van der Waals surface area contributed by atoms with E-state index in [4.69, 9.17) is 0 Å². The summed E-state index contributed by atoms with van der Waals surface area (Å²) in [6.07, 6.45) is 1.92. The van der Waals surface area contributed by atoms with Gasteiger partial charge in [0, 0.05) is 0 Å². The van der Waals surface area contributed by atoms with Gasteiger partial charge in [0.15, 0.2) is 0 Å². The van der Waals surface area contributed by atoms with Crippen molar-refractivity contribution in [2.75, 3.05) is 32.7 Å². The standard InChI is InChI=1S/C8H20NOP/c1-5-7-9(6-2)8-11(3,4)10/h5-8H2,1-4H3. The molecule has 0 rings (SSSR count). The van der Waals surface area contributed by atoms with Gasteiger partial charge >= 0.3 is 0 Å². The lowest BCUT2D eigenvalue weighted by molar-refractivity contribution is 0.331. The van der Waals surface area contributed by atoms with Crippen LogP contribution in [0.25, 0.3) is 0 Å². The molecule has 0 aromatic rings. The Balaban J connectivity index is 3.78. The van der Waals surface area contributed by atoms with Gasteiger partial charge in [-0.3, -0.25) is 4.90 Å². The lowest BCUT2D eigenvalue weighted by Gasteiger charge is -2.21. The molecule has 0 aliphatic carbocycles. The largest absolute Gasteiger partial charge is 0.323 e. The zero-order chi connectivity index (χ0) is 8.91. The first-order chi connectivity index (χ1) is 4.99. The minimum atomic E-state index is -1.84. The summed E-state index contributed by atoms with van der Waals surface area (Å²) in [7, 11) is -1.84. The third-order valence-corrected chi connectivity index (χ3v) is 2.61. The Morgan fingerprint density at radius 2 is 1.82 bits per heavy atom. The summed E-state index contributed by atoms with van der Waals surface area (Å²) in [6.45, 7) is 10.1. The summed E-state index contributed by atoms with van der Waals surface area (Å²) >= 11 is 0. The first kappa shape index (κ1) is 11.2. The third kappa shape index (κ3) is 6.58. The van der Waals surface area contributed by atoms with Crippen LogP contribution in [-0.2, 0) is 4.57 Å². The summed E-state index contributed by atoms with van der Waals surface area (Å²) in [4.78, 5) is 2.25. The van der Waals surface area contributed by atoms with E-state index in [2.05, 4.69) is 18.7 Å². The lowest BCUT2D eigenvalue weighted by Crippen LogP contribution is -2.24. The molecule has 0 amide bonds. The van der Waals surface area contributed by atoms with Crippen molar-refractivity contribution in [2.45, 2.75) is 20.3 Å². The molecule has 0 unspecified atom stereocenters. The first-order valence-corrected chi connectivity index (χ1v) is 7.04. The fourth-order valence-electron chi connectivity index (χ4n) is 1.13. The highest BCUT2D eigenvalue weighted by molar-refractivity contribution is 7.62. The van der Waals surface area contributed by atoms with Crippen LogP contribution in [0.4, 0.5) is 0 Å². The van der Waals surface area contributed by atoms with E-state index in [0.717, 1.165) is 25.8 Å². The molecule has 0 N–H and O–H groups in total. The maximum absolute atomic E-state index is 11.4. The minimum absolute atomic E-state index is 0.775. The second-order valence-electron chi connectivity index (χ2n) is 3.43. The van der Waals surface area contributed by atoms with Gasteiger partial charge in [-0.2, -0.15) is 0 Å². The third-order valence-electron chi connectivity index (χ3n) is 1.53. The highest BCUT2D eigenvalue weighted by atomic mass is 31.2. The molecule has 0 aliphatic heterocycles. The predicted molar refractivity (Wildman–Crippen MR) is 51.9 cm³/mol. The Labute approximate surface area is 70.3 Å². The van der Waals surface area contributed by atoms with Crippen molar-refractivity contribution < 1.29 is 4.57 Å². The molecule has 2 nitrogen and oxygen atoms in total. The zero-order valence-corrected chi connectivity index (χ0v) is 9.03. The molecular formula is C8H20NOP. The van der Waals surface area contributed by atoms with Gasteiger partial charge in [0.1, 0.15) is 0 Å². The maximum atomic E-state index is 11.4. The maximum Gasteiger partial charge on any atom is 0.0951 e. The van der Waals surface area contributed by atoms with Crippen molar-refractivity contribution in [1.29, 1.82) is 0 Å². The Morgan fingerprint density at radius 1 is 1.27 bits per heavy atom. The van der Waals surface area contributed by atoms with Crippen LogP contribution in [-0.4, -0.2) is 37.6 Å². The number of rotatable bonds is 5. The fraction of sp³-hybridized carbons (Fsp3) is 1.00. The second-order valence-corrected chi connectivity index (χ2v) is 6.86. The Hall–Kier alpha value is 0.190. The number of nitrogens with zero attached hydrogens (tertiary/aromatic N) is 1. The van der Waals surface area contributed by atoms with E-state index >= 15 is 0 Å². The monoisotopic (exact) mass is 177 g/mol. The summed E-state index contributed by atoms with van der Waals surface area (Å²) in [6, 6.07) is 0. The minimum Gasteiger partial charge on any atom is -0.323 e. The average Bonchev–Trinajstić information content (AvgIpc) is 1.84. The Kier molecular flexibility index (Phi) is 5.03. The van der Waals surface area contributed by atoms with Crippen LogP contribution in [0.1, 0.15) is 20.3 Å². The lowest BCUT2D eigenvalue weighted by atomic mass is 10.4. The van der Waals surface area contributed by atoms with Gasteiger partial charge in [-0.25, -0.2) is 0 Å². The number of hydrogen-bond acceptors (Lipinski definition) is 2. The fourth-order valence-corrected chi connectivity index (χ4v) is 2.43. The van der Waals surface area contributed by atoms with Gasteiger partial charge < -0.3 is 4.57 Å². The van der Waals surface area contributed by atoms with Crippen molar-refractivity contribution in [1.82, 2.24) is 4.90 Å². The van der Waals surface area contributed by atoms with E-state index in [0.29, 0.717) is 0 Å². The van der Waals surface area contributed by atoms with Crippen molar-refractivity contribution in [3.05, 3.63) is 0 Å². The normalized spacial score (nSPS) is 12.5. The molecule has 0 heterocycles. The van der Waals surface area contributed by atoms with Gasteiger partial charge in [0.25, 0.3) is 0 Å². The molecule has 0 aromatic carbocycles. The molecule has 0 spiro atoms. The van der Waals surface area contributed by atoms with Crippen LogP contribution in [0.5, 0.6) is 0 Å². The van der Waals surface area contributed by atoms with E-state index in [1.54, 1.807) is 0 Å². The van der Waals surface area contributed by atoms with Gasteiger partial charge in [0.2, 0.25) is 0 Å². The molecule has 0 aromatic heterocycles. The van der Waals surface area contributed by atoms with Crippen LogP contribution >= 0.6 is 7.14 Å². The molecule has 0 aliphatic rings. The summed E-state index contributed by atoms with van der Waals surface area (Å²) < 4.78 is 11.4. The summed E-state index contributed by atoms with van der Waals surface area (Å²) in [5.41, 5.74) is 0. The van der Waals surface area contributed by atoms with Crippen LogP contribution in [0.2, 0.25) is 0 Å². The van der Waals surface area contributed by atoms with E-state index in [9.17, 15) is 4.57 Å². The molecule has 11 heavy (non-hydrogen) atoms. The van der Waals surface area contributed by atoms with Gasteiger partial charge in [-0.15, -0.1) is 0 Å². The topological polar surface area (TPSA) is 20.3 Å². The summed E-state index contributed by atoms with van der Waals surface area (Å²) in [5, 5.41) is 0. The van der Waals surface area contributed by atoms with Crippen molar-refractivity contribution in [3.63, 3.8) is 0 Å². The van der Waals surface area contributed by atoms with E-state index in [-0.39, 0.29) is 0 Å². The van der Waals surface area contributed by atoms with Crippen LogP contribution < -0.4 is 0 Å². The first-order valence-electron chi connectivity index (χ1n) is 4.26. The van der Waals surface area contributed by atoms with Crippen LogP contribution in [0.3, 0.4) is 0 Å². The second kappa shape index (κ2) is 4.95. The van der Waals surface area contributed by atoms with Crippen molar-refractivity contribution in [2.24, 2.45) is 0 Å². The highest BCUT2D eigenvalue weighted by Crippen LogP contribution is 2.36. The van der Waals surface area contributed by atoms with Gasteiger partial charge in [0.05, 0.1) is 13.4 Å². The molecule has 0 saturated heterocycles. The molecule has 0 radical (unpaired) electrons. The molecule has 0 fully saturated rings. The molecule has 0 bridgehead atoms. The smallest absolute Gasteiger partial charge is 0.0951 e. The molecule has 3 heteroatoms. The van der Waals surface area contributed by atoms with E-state index in [1.807, 2.05) is 13.3 Å². The average molecular weight is 177 g/mol. The van der Waals surface area contributed by atoms with Crippen molar-refractivity contribution in [3.8, 4) is 0 Å². The summed E-state index contributed by atoms with van der Waals surface area (Å²) in [5.74, 6) is 0. The quantitative estimate of drug-likeness (QED) is 0.600. The molecule has 0 saturated carbocycles. The van der Waals surface area contributed by atoms with Crippen LogP contribution in [0, 0.1) is 0 Å². The number of hydrogen-bond donors (Lipinski definition) is 0. The Morgan fingerprint density at radius 3 is 2.09 bits per heavy atom. The predicted octanol–water partition coefficient (Wildman–Crippen LogP) is 2.30. The van der Waals surface area contributed by atoms with Crippen LogP contribution in [0.15, 0.2) is 0 Å². The van der Waals surface area contributed by atoms with Gasteiger partial charge in [-0.1, -0.05) is 13.8 Å². The highest BCUT2D eigenvalue weighted by Gasteiger charge is 2.11.